The Bertz CT molecular complexity index is 812. The molecule has 1 aromatic carbocycles. The molecule has 0 saturated heterocycles. The van der Waals surface area contributed by atoms with Crippen LogP contribution in [0.2, 0.25) is 0 Å². The Kier molecular flexibility index (Phi) is 6.83. The molecule has 0 aliphatic carbocycles. The standard InChI is InChI=1S/C16H23NO7P2S/c1-15(14-8-5-10-17-14,9-11-27-13-6-3-2-4-7-13)12-16(18,25(19,20)21)26(22,23)24/h2-8,10,17-18H,9,11-12H2,1H3,(H2,19,20,21)(H2,22,23,24). The molecule has 8 nitrogen and oxygen atoms in total. The number of hydrogen-bond donors (Lipinski definition) is 6. The van der Waals surface area contributed by atoms with Crippen LogP contribution in [0.15, 0.2) is 53.6 Å². The van der Waals surface area contributed by atoms with E-state index >= 15 is 0 Å². The minimum atomic E-state index is -5.53. The number of aromatic amines is 1. The van der Waals surface area contributed by atoms with E-state index in [4.69, 9.17) is 0 Å². The van der Waals surface area contributed by atoms with Crippen LogP contribution < -0.4 is 0 Å². The fourth-order valence-corrected chi connectivity index (χ4v) is 6.44. The molecule has 2 rings (SSSR count). The van der Waals surface area contributed by atoms with Crippen molar-refractivity contribution in [1.82, 2.24) is 4.98 Å². The summed E-state index contributed by atoms with van der Waals surface area (Å²) < 4.78 is 23.6. The van der Waals surface area contributed by atoms with Crippen molar-refractivity contribution in [2.75, 3.05) is 5.75 Å². The zero-order valence-corrected chi connectivity index (χ0v) is 17.2. The van der Waals surface area contributed by atoms with Crippen LogP contribution in [0.4, 0.5) is 0 Å². The van der Waals surface area contributed by atoms with Gasteiger partial charge in [0.05, 0.1) is 0 Å². The van der Waals surface area contributed by atoms with Gasteiger partial charge in [0, 0.05) is 28.6 Å². The molecule has 1 heterocycles. The maximum absolute atomic E-state index is 11.8. The van der Waals surface area contributed by atoms with Crippen molar-refractivity contribution in [1.29, 1.82) is 0 Å². The van der Waals surface area contributed by atoms with Gasteiger partial charge in [0.25, 0.3) is 5.08 Å². The average Bonchev–Trinajstić information content (AvgIpc) is 3.09. The first-order chi connectivity index (χ1) is 12.4. The monoisotopic (exact) mass is 435 g/mol. The molecule has 0 bridgehead atoms. The Hall–Kier alpha value is -0.890. The van der Waals surface area contributed by atoms with E-state index in [2.05, 4.69) is 4.98 Å². The fraction of sp³-hybridized carbons (Fsp3) is 0.375. The number of aliphatic hydroxyl groups is 1. The molecule has 27 heavy (non-hydrogen) atoms. The van der Waals surface area contributed by atoms with Gasteiger partial charge < -0.3 is 29.7 Å². The summed E-state index contributed by atoms with van der Waals surface area (Å²) in [4.78, 5) is 41.9. The maximum Gasteiger partial charge on any atom is 0.369 e. The second kappa shape index (κ2) is 8.23. The van der Waals surface area contributed by atoms with Crippen molar-refractivity contribution < 1.29 is 33.8 Å². The van der Waals surface area contributed by atoms with Gasteiger partial charge in [0.15, 0.2) is 0 Å². The quantitative estimate of drug-likeness (QED) is 0.260. The molecule has 6 N–H and O–H groups in total. The Labute approximate surface area is 161 Å². The lowest BCUT2D eigenvalue weighted by Crippen LogP contribution is -2.38. The molecular formula is C16H23NO7P2S. The predicted octanol–water partition coefficient (Wildman–Crippen LogP) is 2.85. The lowest BCUT2D eigenvalue weighted by atomic mass is 9.81. The minimum Gasteiger partial charge on any atom is -0.367 e. The van der Waals surface area contributed by atoms with Gasteiger partial charge in [0.2, 0.25) is 0 Å². The summed E-state index contributed by atoms with van der Waals surface area (Å²) in [6.07, 6.45) is 1.12. The van der Waals surface area contributed by atoms with Gasteiger partial charge in [-0.1, -0.05) is 25.1 Å². The van der Waals surface area contributed by atoms with Crippen LogP contribution in [-0.2, 0) is 14.5 Å². The van der Waals surface area contributed by atoms with Gasteiger partial charge in [-0.15, -0.1) is 11.8 Å². The smallest absolute Gasteiger partial charge is 0.367 e. The Morgan fingerprint density at radius 3 is 2.07 bits per heavy atom. The lowest BCUT2D eigenvalue weighted by Gasteiger charge is -2.38. The van der Waals surface area contributed by atoms with E-state index in [1.807, 2.05) is 30.3 Å². The first-order valence-corrected chi connectivity index (χ1v) is 12.3. The summed E-state index contributed by atoms with van der Waals surface area (Å²) in [5.41, 5.74) is -0.584. The minimum absolute atomic E-state index is 0.315. The second-order valence-corrected chi connectivity index (χ2v) is 11.8. The number of rotatable bonds is 9. The number of H-pyrrole nitrogens is 1. The number of nitrogens with one attached hydrogen (secondary N) is 1. The van der Waals surface area contributed by atoms with Crippen LogP contribution in [0.1, 0.15) is 25.5 Å². The Balaban J connectivity index is 2.31. The Morgan fingerprint density at radius 1 is 1.00 bits per heavy atom. The van der Waals surface area contributed by atoms with E-state index in [1.54, 1.807) is 25.3 Å². The summed E-state index contributed by atoms with van der Waals surface area (Å²) >= 11 is 1.50. The first kappa shape index (κ1) is 22.4. The summed E-state index contributed by atoms with van der Waals surface area (Å²) in [5.74, 6) is 0.512. The van der Waals surface area contributed by atoms with Crippen LogP contribution in [0.3, 0.4) is 0 Å². The van der Waals surface area contributed by atoms with Gasteiger partial charge in [0.1, 0.15) is 0 Å². The first-order valence-electron chi connectivity index (χ1n) is 8.04. The van der Waals surface area contributed by atoms with E-state index in [0.717, 1.165) is 4.90 Å². The van der Waals surface area contributed by atoms with Crippen LogP contribution >= 0.6 is 27.0 Å². The van der Waals surface area contributed by atoms with Crippen LogP contribution in [0.25, 0.3) is 0 Å². The van der Waals surface area contributed by atoms with Crippen molar-refractivity contribution in [3.05, 3.63) is 54.4 Å². The number of aromatic nitrogens is 1. The highest BCUT2D eigenvalue weighted by Crippen LogP contribution is 2.70. The van der Waals surface area contributed by atoms with Gasteiger partial charge in [-0.25, -0.2) is 0 Å². The fourth-order valence-electron chi connectivity index (χ4n) is 2.83. The third-order valence-electron chi connectivity index (χ3n) is 4.47. The van der Waals surface area contributed by atoms with Crippen molar-refractivity contribution in [2.45, 2.75) is 35.2 Å². The third kappa shape index (κ3) is 5.13. The molecule has 11 heteroatoms. The summed E-state index contributed by atoms with van der Waals surface area (Å²) in [5, 5.41) is 6.93. The molecule has 2 aromatic rings. The molecule has 0 aliphatic heterocycles. The molecule has 1 atom stereocenters. The Morgan fingerprint density at radius 2 is 1.59 bits per heavy atom. The van der Waals surface area contributed by atoms with Crippen LogP contribution in [-0.4, -0.2) is 40.5 Å². The van der Waals surface area contributed by atoms with E-state index in [-0.39, 0.29) is 0 Å². The molecule has 0 amide bonds. The molecule has 1 aromatic heterocycles. The molecule has 0 fully saturated rings. The van der Waals surface area contributed by atoms with E-state index in [0.29, 0.717) is 17.9 Å². The molecule has 150 valence electrons. The summed E-state index contributed by atoms with van der Waals surface area (Å²) in [7, 11) is -11.1. The highest BCUT2D eigenvalue weighted by molar-refractivity contribution is 7.99. The normalized spacial score (nSPS) is 15.5. The topological polar surface area (TPSA) is 151 Å². The lowest BCUT2D eigenvalue weighted by molar-refractivity contribution is 0.0990. The zero-order chi connectivity index (χ0) is 20.3. The predicted molar refractivity (Wildman–Crippen MR) is 104 cm³/mol. The second-order valence-electron chi connectivity index (χ2n) is 6.60. The summed E-state index contributed by atoms with van der Waals surface area (Å²) in [6.45, 7) is 1.61. The number of hydrogen-bond acceptors (Lipinski definition) is 4. The van der Waals surface area contributed by atoms with Crippen molar-refractivity contribution in [2.24, 2.45) is 0 Å². The molecule has 0 saturated carbocycles. The molecule has 0 aliphatic rings. The average molecular weight is 435 g/mol. The van der Waals surface area contributed by atoms with Crippen LogP contribution in [0, 0.1) is 0 Å². The maximum atomic E-state index is 11.8. The SMILES string of the molecule is CC(CCSc1ccccc1)(CC(O)(P(=O)(O)O)P(=O)(O)O)c1ccc[nH]1. The van der Waals surface area contributed by atoms with E-state index in [9.17, 15) is 33.8 Å². The van der Waals surface area contributed by atoms with E-state index < -0.39 is 32.1 Å². The largest absolute Gasteiger partial charge is 0.369 e. The van der Waals surface area contributed by atoms with Gasteiger partial charge in [-0.2, -0.15) is 0 Å². The third-order valence-corrected chi connectivity index (χ3v) is 9.23. The number of thioether (sulfide) groups is 1. The highest BCUT2D eigenvalue weighted by atomic mass is 32.2. The van der Waals surface area contributed by atoms with E-state index in [1.165, 1.54) is 11.8 Å². The molecule has 0 spiro atoms. The zero-order valence-electron chi connectivity index (χ0n) is 14.6. The van der Waals surface area contributed by atoms with Crippen molar-refractivity contribution in [3.63, 3.8) is 0 Å². The van der Waals surface area contributed by atoms with Gasteiger partial charge >= 0.3 is 15.2 Å². The van der Waals surface area contributed by atoms with Gasteiger partial charge in [-0.05, 0) is 36.4 Å². The van der Waals surface area contributed by atoms with Crippen LogP contribution in [0.5, 0.6) is 0 Å². The van der Waals surface area contributed by atoms with Crippen molar-refractivity contribution in [3.8, 4) is 0 Å². The van der Waals surface area contributed by atoms with Crippen molar-refractivity contribution >= 4 is 27.0 Å². The molecular weight excluding hydrogens is 412 g/mol. The molecule has 1 unspecified atom stereocenters. The highest BCUT2D eigenvalue weighted by Gasteiger charge is 2.62. The van der Waals surface area contributed by atoms with Gasteiger partial charge in [-0.3, -0.25) is 9.13 Å². The number of benzene rings is 1. The summed E-state index contributed by atoms with van der Waals surface area (Å²) in [6, 6.07) is 12.8. The molecule has 0 radical (unpaired) electrons.